The lowest BCUT2D eigenvalue weighted by atomic mass is 10.1. The van der Waals surface area contributed by atoms with Gasteiger partial charge in [0, 0.05) is 29.9 Å². The monoisotopic (exact) mass is 245 g/mol. The fourth-order valence-electron chi connectivity index (χ4n) is 1.90. The maximum Gasteiger partial charge on any atom is 0.121 e. The van der Waals surface area contributed by atoms with E-state index < -0.39 is 0 Å². The molecular weight excluding hydrogens is 226 g/mol. The SMILES string of the molecule is COc1ccc2c(NCCCCN)ccnc2c1. The maximum atomic E-state index is 5.48. The molecule has 0 fully saturated rings. The summed E-state index contributed by atoms with van der Waals surface area (Å²) in [5, 5.41) is 4.54. The van der Waals surface area contributed by atoms with Crippen molar-refractivity contribution in [2.45, 2.75) is 12.8 Å². The van der Waals surface area contributed by atoms with Gasteiger partial charge in [-0.1, -0.05) is 0 Å². The number of pyridine rings is 1. The molecule has 3 N–H and O–H groups in total. The average molecular weight is 245 g/mol. The van der Waals surface area contributed by atoms with Gasteiger partial charge >= 0.3 is 0 Å². The Bertz CT molecular complexity index is 513. The minimum Gasteiger partial charge on any atom is -0.497 e. The van der Waals surface area contributed by atoms with E-state index in [4.69, 9.17) is 10.5 Å². The van der Waals surface area contributed by atoms with Crippen molar-refractivity contribution in [2.75, 3.05) is 25.5 Å². The lowest BCUT2D eigenvalue weighted by molar-refractivity contribution is 0.415. The van der Waals surface area contributed by atoms with Crippen LogP contribution in [0.1, 0.15) is 12.8 Å². The fraction of sp³-hybridized carbons (Fsp3) is 0.357. The summed E-state index contributed by atoms with van der Waals surface area (Å²) in [6.45, 7) is 1.68. The van der Waals surface area contributed by atoms with Crippen LogP contribution in [0.2, 0.25) is 0 Å². The zero-order valence-corrected chi connectivity index (χ0v) is 10.6. The van der Waals surface area contributed by atoms with E-state index in [-0.39, 0.29) is 0 Å². The van der Waals surface area contributed by atoms with E-state index in [2.05, 4.69) is 10.3 Å². The van der Waals surface area contributed by atoms with Gasteiger partial charge in [-0.2, -0.15) is 0 Å². The number of fused-ring (bicyclic) bond motifs is 1. The lowest BCUT2D eigenvalue weighted by Gasteiger charge is -2.09. The molecule has 0 aliphatic heterocycles. The summed E-state index contributed by atoms with van der Waals surface area (Å²) in [5.74, 6) is 0.829. The Kier molecular flexibility index (Phi) is 4.36. The molecule has 4 heteroatoms. The Hall–Kier alpha value is -1.81. The smallest absolute Gasteiger partial charge is 0.121 e. The molecule has 2 aromatic rings. The van der Waals surface area contributed by atoms with E-state index in [0.29, 0.717) is 0 Å². The van der Waals surface area contributed by atoms with Crippen molar-refractivity contribution in [3.05, 3.63) is 30.5 Å². The summed E-state index contributed by atoms with van der Waals surface area (Å²) in [6, 6.07) is 7.93. The van der Waals surface area contributed by atoms with E-state index in [0.717, 1.165) is 48.3 Å². The molecule has 0 aliphatic carbocycles. The molecule has 1 heterocycles. The molecular formula is C14H19N3O. The van der Waals surface area contributed by atoms with Crippen LogP contribution in [0.5, 0.6) is 5.75 Å². The first-order chi connectivity index (χ1) is 8.85. The van der Waals surface area contributed by atoms with Crippen molar-refractivity contribution in [1.29, 1.82) is 0 Å². The molecule has 0 amide bonds. The average Bonchev–Trinajstić information content (AvgIpc) is 2.43. The van der Waals surface area contributed by atoms with Crippen LogP contribution in [-0.4, -0.2) is 25.2 Å². The maximum absolute atomic E-state index is 5.48. The van der Waals surface area contributed by atoms with Crippen LogP contribution in [0.3, 0.4) is 0 Å². The third-order valence-corrected chi connectivity index (χ3v) is 2.90. The second kappa shape index (κ2) is 6.21. The summed E-state index contributed by atoms with van der Waals surface area (Å²) < 4.78 is 5.20. The van der Waals surface area contributed by atoms with Crippen molar-refractivity contribution < 1.29 is 4.74 Å². The Morgan fingerprint density at radius 3 is 2.94 bits per heavy atom. The van der Waals surface area contributed by atoms with Crippen LogP contribution < -0.4 is 15.8 Å². The molecule has 0 saturated heterocycles. The number of nitrogens with zero attached hydrogens (tertiary/aromatic N) is 1. The lowest BCUT2D eigenvalue weighted by Crippen LogP contribution is -2.06. The largest absolute Gasteiger partial charge is 0.497 e. The van der Waals surface area contributed by atoms with Crippen LogP contribution in [0.15, 0.2) is 30.5 Å². The van der Waals surface area contributed by atoms with Crippen molar-refractivity contribution in [3.63, 3.8) is 0 Å². The van der Waals surface area contributed by atoms with E-state index in [1.165, 1.54) is 0 Å². The predicted octanol–water partition coefficient (Wildman–Crippen LogP) is 2.39. The van der Waals surface area contributed by atoms with Gasteiger partial charge in [-0.05, 0) is 37.6 Å². The summed E-state index contributed by atoms with van der Waals surface area (Å²) >= 11 is 0. The number of rotatable bonds is 6. The van der Waals surface area contributed by atoms with Crippen molar-refractivity contribution >= 4 is 16.6 Å². The quantitative estimate of drug-likeness (QED) is 0.767. The molecule has 0 saturated carbocycles. The van der Waals surface area contributed by atoms with E-state index in [1.54, 1.807) is 7.11 Å². The number of unbranched alkanes of at least 4 members (excludes halogenated alkanes) is 1. The van der Waals surface area contributed by atoms with Crippen molar-refractivity contribution in [3.8, 4) is 5.75 Å². The number of aromatic nitrogens is 1. The number of ether oxygens (including phenoxy) is 1. The first kappa shape index (κ1) is 12.6. The highest BCUT2D eigenvalue weighted by atomic mass is 16.5. The first-order valence-corrected chi connectivity index (χ1v) is 6.22. The van der Waals surface area contributed by atoms with Crippen molar-refractivity contribution in [2.24, 2.45) is 5.73 Å². The minimum atomic E-state index is 0.746. The highest BCUT2D eigenvalue weighted by molar-refractivity contribution is 5.91. The zero-order chi connectivity index (χ0) is 12.8. The molecule has 1 aromatic heterocycles. The summed E-state index contributed by atoms with van der Waals surface area (Å²) in [6.07, 6.45) is 3.94. The van der Waals surface area contributed by atoms with Gasteiger partial charge in [0.2, 0.25) is 0 Å². The van der Waals surface area contributed by atoms with E-state index in [9.17, 15) is 0 Å². The molecule has 18 heavy (non-hydrogen) atoms. The van der Waals surface area contributed by atoms with Gasteiger partial charge in [-0.3, -0.25) is 4.98 Å². The number of nitrogens with two attached hydrogens (primary N) is 1. The number of nitrogens with one attached hydrogen (secondary N) is 1. The van der Waals surface area contributed by atoms with Gasteiger partial charge in [0.15, 0.2) is 0 Å². The molecule has 0 spiro atoms. The van der Waals surface area contributed by atoms with Crippen LogP contribution >= 0.6 is 0 Å². The van der Waals surface area contributed by atoms with Gasteiger partial charge in [0.05, 0.1) is 12.6 Å². The molecule has 0 atom stereocenters. The normalized spacial score (nSPS) is 10.6. The zero-order valence-electron chi connectivity index (χ0n) is 10.6. The first-order valence-electron chi connectivity index (χ1n) is 6.22. The molecule has 0 bridgehead atoms. The van der Waals surface area contributed by atoms with Crippen molar-refractivity contribution in [1.82, 2.24) is 4.98 Å². The predicted molar refractivity (Wildman–Crippen MR) is 75.1 cm³/mol. The van der Waals surface area contributed by atoms with Crippen LogP contribution in [0.4, 0.5) is 5.69 Å². The molecule has 0 unspecified atom stereocenters. The third kappa shape index (κ3) is 2.90. The Balaban J connectivity index is 2.17. The van der Waals surface area contributed by atoms with E-state index >= 15 is 0 Å². The summed E-state index contributed by atoms with van der Waals surface area (Å²) in [7, 11) is 1.66. The van der Waals surface area contributed by atoms with Gasteiger partial charge in [-0.25, -0.2) is 0 Å². The van der Waals surface area contributed by atoms with Crippen LogP contribution in [-0.2, 0) is 0 Å². The Labute approximate surface area is 107 Å². The van der Waals surface area contributed by atoms with E-state index in [1.807, 2.05) is 30.5 Å². The van der Waals surface area contributed by atoms with Gasteiger partial charge in [0.1, 0.15) is 5.75 Å². The van der Waals surface area contributed by atoms with Crippen LogP contribution in [0.25, 0.3) is 10.9 Å². The summed E-state index contributed by atoms with van der Waals surface area (Å²) in [5.41, 5.74) is 7.53. The number of benzene rings is 1. The number of hydrogen-bond donors (Lipinski definition) is 2. The second-order valence-electron chi connectivity index (χ2n) is 4.16. The van der Waals surface area contributed by atoms with Gasteiger partial charge in [-0.15, -0.1) is 0 Å². The third-order valence-electron chi connectivity index (χ3n) is 2.90. The number of anilines is 1. The van der Waals surface area contributed by atoms with Gasteiger partial charge < -0.3 is 15.8 Å². The highest BCUT2D eigenvalue weighted by Crippen LogP contribution is 2.25. The fourth-order valence-corrected chi connectivity index (χ4v) is 1.90. The molecule has 1 aromatic carbocycles. The molecule has 2 rings (SSSR count). The Morgan fingerprint density at radius 1 is 1.28 bits per heavy atom. The molecule has 4 nitrogen and oxygen atoms in total. The number of methoxy groups -OCH3 is 1. The summed E-state index contributed by atoms with van der Waals surface area (Å²) in [4.78, 5) is 4.35. The molecule has 0 radical (unpaired) electrons. The molecule has 96 valence electrons. The molecule has 0 aliphatic rings. The van der Waals surface area contributed by atoms with Crippen LogP contribution in [0, 0.1) is 0 Å². The minimum absolute atomic E-state index is 0.746. The second-order valence-corrected chi connectivity index (χ2v) is 4.16. The number of hydrogen-bond acceptors (Lipinski definition) is 4. The Morgan fingerprint density at radius 2 is 2.17 bits per heavy atom. The standard InChI is InChI=1S/C14H19N3O/c1-18-11-4-5-12-13(16-8-3-2-7-15)6-9-17-14(12)10-11/h4-6,9-10H,2-3,7-8,15H2,1H3,(H,16,17). The topological polar surface area (TPSA) is 60.2 Å². The van der Waals surface area contributed by atoms with Gasteiger partial charge in [0.25, 0.3) is 0 Å². The highest BCUT2D eigenvalue weighted by Gasteiger charge is 2.02.